The second kappa shape index (κ2) is 16.0. The molecule has 0 unspecified atom stereocenters. The molecule has 12 aromatic carbocycles. The fourth-order valence-electron chi connectivity index (χ4n) is 10.9. The number of para-hydroxylation sites is 2. The van der Waals surface area contributed by atoms with E-state index >= 15 is 0 Å². The Morgan fingerprint density at radius 2 is 0.725 bits per heavy atom. The monoisotopic (exact) mass is 895 g/mol. The second-order valence-corrected chi connectivity index (χ2v) is 19.0. The van der Waals surface area contributed by atoms with Gasteiger partial charge in [0, 0.05) is 53.7 Å². The van der Waals surface area contributed by atoms with Crippen LogP contribution in [0, 0.1) is 0 Å². The van der Waals surface area contributed by atoms with Crippen molar-refractivity contribution in [1.29, 1.82) is 0 Å². The number of rotatable bonds is 4. The van der Waals surface area contributed by atoms with Crippen molar-refractivity contribution in [3.05, 3.63) is 249 Å². The molecule has 0 amide bonds. The van der Waals surface area contributed by atoms with Crippen LogP contribution in [0.25, 0.3) is 107 Å². The Morgan fingerprint density at radius 1 is 0.275 bits per heavy atom. The Morgan fingerprint density at radius 3 is 1.41 bits per heavy atom. The van der Waals surface area contributed by atoms with Crippen LogP contribution in [0.5, 0.6) is 11.5 Å². The molecule has 322 valence electrons. The summed E-state index contributed by atoms with van der Waals surface area (Å²) in [6.45, 7) is 0. The summed E-state index contributed by atoms with van der Waals surface area (Å²) in [7, 11) is 0. The standard InChI is InChI=1S/C66H41NOS/c1-2-16-42(17-3-1)43-30-32-44(33-31-43)67(45-35-37-53-54-23-10-13-27-62(54)68-63-28-14-11-24-55(63)60(53)40-45)46-34-36-52-50-21-7-5-19-48(50)47-18-4-6-20-49(47)51-22-8-9-26-57(51)65-58(61(52)41-46)38-39-59-56-25-12-15-29-64(56)69-66(59)65/h1-41H. The third-order valence-electron chi connectivity index (χ3n) is 14.1. The Labute approximate surface area is 403 Å². The molecule has 0 fully saturated rings. The van der Waals surface area contributed by atoms with Crippen LogP contribution >= 0.6 is 11.3 Å². The van der Waals surface area contributed by atoms with E-state index < -0.39 is 0 Å². The van der Waals surface area contributed by atoms with Gasteiger partial charge in [-0.3, -0.25) is 0 Å². The molecular formula is C66H41NOS. The molecule has 14 rings (SSSR count). The maximum absolute atomic E-state index is 6.66. The molecule has 2 heterocycles. The number of hydrogen-bond acceptors (Lipinski definition) is 3. The van der Waals surface area contributed by atoms with Crippen LogP contribution in [0.15, 0.2) is 249 Å². The summed E-state index contributed by atoms with van der Waals surface area (Å²) in [6.07, 6.45) is 0. The molecule has 1 aliphatic rings. The fourth-order valence-corrected chi connectivity index (χ4v) is 12.2. The lowest BCUT2D eigenvalue weighted by molar-refractivity contribution is 0.488. The van der Waals surface area contributed by atoms with Crippen LogP contribution in [0.4, 0.5) is 17.1 Å². The number of nitrogens with zero attached hydrogens (tertiary/aromatic N) is 1. The van der Waals surface area contributed by atoms with Gasteiger partial charge in [-0.25, -0.2) is 0 Å². The summed E-state index contributed by atoms with van der Waals surface area (Å²) in [5.74, 6) is 1.70. The van der Waals surface area contributed by atoms with Crippen molar-refractivity contribution >= 4 is 102 Å². The van der Waals surface area contributed by atoms with Gasteiger partial charge in [0.1, 0.15) is 11.5 Å². The molecule has 0 saturated carbocycles. The lowest BCUT2D eigenvalue weighted by atomic mass is 9.93. The van der Waals surface area contributed by atoms with E-state index in [1.54, 1.807) is 0 Å². The van der Waals surface area contributed by atoms with E-state index in [0.717, 1.165) is 50.8 Å². The molecular weight excluding hydrogens is 855 g/mol. The zero-order chi connectivity index (χ0) is 45.4. The minimum Gasteiger partial charge on any atom is -0.456 e. The minimum atomic E-state index is 0.845. The maximum atomic E-state index is 6.66. The van der Waals surface area contributed by atoms with Gasteiger partial charge in [-0.05, 0) is 125 Å². The van der Waals surface area contributed by atoms with Crippen LogP contribution in [0.3, 0.4) is 0 Å². The van der Waals surface area contributed by atoms with E-state index in [1.165, 1.54) is 85.2 Å². The highest BCUT2D eigenvalue weighted by molar-refractivity contribution is 7.26. The summed E-state index contributed by atoms with van der Waals surface area (Å²) in [5.41, 5.74) is 9.94. The molecule has 3 heteroatoms. The van der Waals surface area contributed by atoms with Crippen LogP contribution in [0.1, 0.15) is 0 Å². The average Bonchev–Trinajstić information content (AvgIpc) is 3.73. The van der Waals surface area contributed by atoms with Gasteiger partial charge in [0.2, 0.25) is 0 Å². The van der Waals surface area contributed by atoms with Crippen molar-refractivity contribution in [1.82, 2.24) is 0 Å². The zero-order valence-corrected chi connectivity index (χ0v) is 38.3. The largest absolute Gasteiger partial charge is 0.456 e. The second-order valence-electron chi connectivity index (χ2n) is 17.9. The van der Waals surface area contributed by atoms with E-state index in [0.29, 0.717) is 0 Å². The molecule has 1 aromatic heterocycles. The molecule has 0 saturated heterocycles. The number of thiophene rings is 1. The van der Waals surface area contributed by atoms with Crippen molar-refractivity contribution in [3.8, 4) is 44.9 Å². The highest BCUT2D eigenvalue weighted by Gasteiger charge is 2.24. The molecule has 0 N–H and O–H groups in total. The third-order valence-corrected chi connectivity index (χ3v) is 15.3. The first kappa shape index (κ1) is 39.4. The van der Waals surface area contributed by atoms with E-state index in [9.17, 15) is 0 Å². The van der Waals surface area contributed by atoms with Crippen LogP contribution in [-0.2, 0) is 0 Å². The van der Waals surface area contributed by atoms with Crippen molar-refractivity contribution in [3.63, 3.8) is 0 Å². The van der Waals surface area contributed by atoms with Crippen molar-refractivity contribution in [2.24, 2.45) is 0 Å². The Bertz CT molecular complexity index is 4280. The summed E-state index contributed by atoms with van der Waals surface area (Å²) < 4.78 is 9.24. The molecule has 0 atom stereocenters. The van der Waals surface area contributed by atoms with Gasteiger partial charge in [0.25, 0.3) is 0 Å². The van der Waals surface area contributed by atoms with Crippen molar-refractivity contribution in [2.75, 3.05) is 4.90 Å². The van der Waals surface area contributed by atoms with Crippen LogP contribution in [-0.4, -0.2) is 0 Å². The van der Waals surface area contributed by atoms with E-state index in [-0.39, 0.29) is 0 Å². The van der Waals surface area contributed by atoms with Gasteiger partial charge in [0.05, 0.1) is 0 Å². The summed E-state index contributed by atoms with van der Waals surface area (Å²) in [4.78, 5) is 2.43. The molecule has 0 spiro atoms. The Hall–Kier alpha value is -8.76. The molecule has 0 radical (unpaired) electrons. The predicted molar refractivity (Wildman–Crippen MR) is 296 cm³/mol. The topological polar surface area (TPSA) is 12.5 Å². The lowest BCUT2D eigenvalue weighted by Gasteiger charge is -2.27. The van der Waals surface area contributed by atoms with Gasteiger partial charge in [0.15, 0.2) is 0 Å². The maximum Gasteiger partial charge on any atom is 0.135 e. The molecule has 2 nitrogen and oxygen atoms in total. The Kier molecular flexibility index (Phi) is 9.11. The van der Waals surface area contributed by atoms with E-state index in [1.807, 2.05) is 17.4 Å². The third kappa shape index (κ3) is 6.39. The normalized spacial score (nSPS) is 11.9. The zero-order valence-electron chi connectivity index (χ0n) is 37.4. The SMILES string of the molecule is c1ccc(-c2ccc(N(c3ccc4c(c3)-c3ccccc3Oc3ccccc3-4)c3ccc4c5ccccc5c5ccccc5c5ccccc5c5c(ccc6c7ccccc7sc65)c4c3)cc2)cc1. The van der Waals surface area contributed by atoms with E-state index in [2.05, 4.69) is 248 Å². The van der Waals surface area contributed by atoms with Crippen LogP contribution in [0.2, 0.25) is 0 Å². The van der Waals surface area contributed by atoms with E-state index in [4.69, 9.17) is 4.74 Å². The summed E-state index contributed by atoms with van der Waals surface area (Å²) >= 11 is 1.90. The number of anilines is 3. The number of hydrogen-bond donors (Lipinski definition) is 0. The first-order valence-corrected chi connectivity index (χ1v) is 24.4. The number of ether oxygens (including phenoxy) is 1. The van der Waals surface area contributed by atoms with Crippen molar-refractivity contribution < 1.29 is 4.74 Å². The average molecular weight is 896 g/mol. The molecule has 0 aliphatic carbocycles. The quantitative estimate of drug-likeness (QED) is 0.175. The predicted octanol–water partition coefficient (Wildman–Crippen LogP) is 19.5. The molecule has 1 aliphatic heterocycles. The molecule has 0 bridgehead atoms. The number of benzene rings is 11. The molecule has 13 aromatic rings. The number of fused-ring (bicyclic) bond motifs is 19. The Balaban J connectivity index is 1.12. The lowest BCUT2D eigenvalue weighted by Crippen LogP contribution is -2.10. The van der Waals surface area contributed by atoms with Gasteiger partial charge in [-0.1, -0.05) is 194 Å². The minimum absolute atomic E-state index is 0.845. The fraction of sp³-hybridized carbons (Fsp3) is 0. The molecule has 69 heavy (non-hydrogen) atoms. The van der Waals surface area contributed by atoms with Gasteiger partial charge in [-0.15, -0.1) is 11.3 Å². The van der Waals surface area contributed by atoms with Crippen LogP contribution < -0.4 is 9.64 Å². The highest BCUT2D eigenvalue weighted by Crippen LogP contribution is 2.50. The first-order chi connectivity index (χ1) is 34.2. The summed E-state index contributed by atoms with van der Waals surface area (Å²) in [6, 6.07) is 91.1. The van der Waals surface area contributed by atoms with Gasteiger partial charge < -0.3 is 9.64 Å². The smallest absolute Gasteiger partial charge is 0.135 e. The van der Waals surface area contributed by atoms with Gasteiger partial charge >= 0.3 is 0 Å². The van der Waals surface area contributed by atoms with Crippen molar-refractivity contribution in [2.45, 2.75) is 0 Å². The van der Waals surface area contributed by atoms with Gasteiger partial charge in [-0.2, -0.15) is 0 Å². The summed E-state index contributed by atoms with van der Waals surface area (Å²) in [5, 5.41) is 14.7. The highest BCUT2D eigenvalue weighted by atomic mass is 32.1. The first-order valence-electron chi connectivity index (χ1n) is 23.6.